The van der Waals surface area contributed by atoms with Gasteiger partial charge in [-0.05, 0) is 43.7 Å². The van der Waals surface area contributed by atoms with E-state index in [4.69, 9.17) is 4.74 Å². The maximum absolute atomic E-state index is 13.6. The molecule has 0 amide bonds. The zero-order chi connectivity index (χ0) is 14.9. The van der Waals surface area contributed by atoms with Gasteiger partial charge in [-0.3, -0.25) is 0 Å². The topological polar surface area (TPSA) is 29.5 Å². The number of rotatable bonds is 3. The first kappa shape index (κ1) is 14.4. The number of ether oxygens (including phenoxy) is 1. The van der Waals surface area contributed by atoms with E-state index in [1.54, 1.807) is 0 Å². The minimum Gasteiger partial charge on any atom is -0.454 e. The number of hydrogen-bond donors (Lipinski definition) is 1. The van der Waals surface area contributed by atoms with Crippen molar-refractivity contribution < 1.29 is 23.0 Å². The molecule has 106 valence electrons. The number of hydrogen-bond acceptors (Lipinski definition) is 2. The Bertz CT molecular complexity index is 639. The molecule has 1 N–H and O–H groups in total. The number of benzene rings is 2. The molecule has 0 aliphatic carbocycles. The van der Waals surface area contributed by atoms with Crippen LogP contribution in [0.15, 0.2) is 30.3 Å². The van der Waals surface area contributed by atoms with Gasteiger partial charge in [-0.1, -0.05) is 6.07 Å². The summed E-state index contributed by atoms with van der Waals surface area (Å²) in [5.74, 6) is -2.92. The largest absolute Gasteiger partial charge is 0.454 e. The van der Waals surface area contributed by atoms with Crippen LogP contribution < -0.4 is 4.74 Å². The van der Waals surface area contributed by atoms with Crippen LogP contribution in [0.5, 0.6) is 11.5 Å². The van der Waals surface area contributed by atoms with E-state index in [1.165, 1.54) is 32.0 Å². The summed E-state index contributed by atoms with van der Waals surface area (Å²) >= 11 is 0. The van der Waals surface area contributed by atoms with Crippen molar-refractivity contribution in [2.45, 2.75) is 20.0 Å². The Morgan fingerprint density at radius 3 is 2.40 bits per heavy atom. The lowest BCUT2D eigenvalue weighted by Crippen LogP contribution is -2.00. The minimum atomic E-state index is -1.13. The molecule has 0 aliphatic heterocycles. The summed E-state index contributed by atoms with van der Waals surface area (Å²) in [4.78, 5) is 0. The molecular formula is C15H13F3O2. The number of aliphatic hydroxyl groups excluding tert-OH is 1. The van der Waals surface area contributed by atoms with Crippen LogP contribution in [-0.4, -0.2) is 5.11 Å². The lowest BCUT2D eigenvalue weighted by molar-refractivity contribution is 0.194. The SMILES string of the molecule is Cc1cc(Oc2cccc(F)c2F)c([C@H](C)O)cc1F. The first-order valence-corrected chi connectivity index (χ1v) is 6.00. The van der Waals surface area contributed by atoms with Crippen LogP contribution >= 0.6 is 0 Å². The van der Waals surface area contributed by atoms with Gasteiger partial charge in [-0.2, -0.15) is 4.39 Å². The van der Waals surface area contributed by atoms with Gasteiger partial charge < -0.3 is 9.84 Å². The number of aryl methyl sites for hydroxylation is 1. The van der Waals surface area contributed by atoms with Crippen LogP contribution in [0.1, 0.15) is 24.2 Å². The van der Waals surface area contributed by atoms with E-state index in [1.807, 2.05) is 0 Å². The Balaban J connectivity index is 2.47. The standard InChI is InChI=1S/C15H13F3O2/c1-8-6-14(10(9(2)19)7-12(8)17)20-13-5-3-4-11(16)15(13)18/h3-7,9,19H,1-2H3/t9-/m0/s1. The minimum absolute atomic E-state index is 0.0865. The highest BCUT2D eigenvalue weighted by molar-refractivity contribution is 5.42. The van der Waals surface area contributed by atoms with Crippen molar-refractivity contribution in [2.75, 3.05) is 0 Å². The predicted molar refractivity (Wildman–Crippen MR) is 68.2 cm³/mol. The summed E-state index contributed by atoms with van der Waals surface area (Å²) in [7, 11) is 0. The maximum atomic E-state index is 13.6. The molecular weight excluding hydrogens is 269 g/mol. The van der Waals surface area contributed by atoms with Crippen LogP contribution in [0.2, 0.25) is 0 Å². The van der Waals surface area contributed by atoms with Crippen molar-refractivity contribution in [1.29, 1.82) is 0 Å². The zero-order valence-electron chi connectivity index (χ0n) is 11.0. The predicted octanol–water partition coefficient (Wildman–Crippen LogP) is 4.26. The van der Waals surface area contributed by atoms with Crippen molar-refractivity contribution in [3.63, 3.8) is 0 Å². The molecule has 2 rings (SSSR count). The maximum Gasteiger partial charge on any atom is 0.201 e. The van der Waals surface area contributed by atoms with E-state index in [0.717, 1.165) is 12.1 Å². The Labute approximate surface area is 114 Å². The van der Waals surface area contributed by atoms with Crippen molar-refractivity contribution in [3.05, 3.63) is 58.9 Å². The first-order valence-electron chi connectivity index (χ1n) is 6.00. The van der Waals surface area contributed by atoms with Crippen LogP contribution in [0.3, 0.4) is 0 Å². The third-order valence-corrected chi connectivity index (χ3v) is 2.88. The molecule has 2 nitrogen and oxygen atoms in total. The summed E-state index contributed by atoms with van der Waals surface area (Å²) in [6.07, 6.45) is -1.00. The van der Waals surface area contributed by atoms with Gasteiger partial charge in [0.05, 0.1) is 6.10 Å². The highest BCUT2D eigenvalue weighted by Crippen LogP contribution is 2.33. The highest BCUT2D eigenvalue weighted by atomic mass is 19.2. The molecule has 0 aliphatic rings. The first-order chi connectivity index (χ1) is 9.40. The second kappa shape index (κ2) is 5.54. The van der Waals surface area contributed by atoms with E-state index in [2.05, 4.69) is 0 Å². The molecule has 0 spiro atoms. The second-order valence-corrected chi connectivity index (χ2v) is 4.47. The van der Waals surface area contributed by atoms with Gasteiger partial charge in [0.2, 0.25) is 5.82 Å². The fourth-order valence-electron chi connectivity index (χ4n) is 1.77. The molecule has 2 aromatic rings. The van der Waals surface area contributed by atoms with Gasteiger partial charge in [-0.15, -0.1) is 0 Å². The van der Waals surface area contributed by atoms with E-state index >= 15 is 0 Å². The Morgan fingerprint density at radius 1 is 1.05 bits per heavy atom. The summed E-state index contributed by atoms with van der Waals surface area (Å²) in [5.41, 5.74) is 0.443. The van der Waals surface area contributed by atoms with Crippen LogP contribution in [-0.2, 0) is 0 Å². The molecule has 0 radical (unpaired) electrons. The summed E-state index contributed by atoms with van der Waals surface area (Å²) in [5, 5.41) is 9.61. The molecule has 20 heavy (non-hydrogen) atoms. The monoisotopic (exact) mass is 282 g/mol. The smallest absolute Gasteiger partial charge is 0.201 e. The molecule has 0 aromatic heterocycles. The van der Waals surface area contributed by atoms with E-state index in [0.29, 0.717) is 0 Å². The van der Waals surface area contributed by atoms with Gasteiger partial charge in [0.15, 0.2) is 11.6 Å². The average Bonchev–Trinajstić information content (AvgIpc) is 2.38. The number of aliphatic hydroxyl groups is 1. The van der Waals surface area contributed by atoms with Crippen molar-refractivity contribution >= 4 is 0 Å². The molecule has 2 aromatic carbocycles. The molecule has 5 heteroatoms. The molecule has 0 saturated carbocycles. The Hall–Kier alpha value is -2.01. The summed E-state index contributed by atoms with van der Waals surface area (Å²) < 4.78 is 45.5. The highest BCUT2D eigenvalue weighted by Gasteiger charge is 2.16. The van der Waals surface area contributed by atoms with Crippen LogP contribution in [0.25, 0.3) is 0 Å². The molecule has 1 atom stereocenters. The van der Waals surface area contributed by atoms with Crippen molar-refractivity contribution in [2.24, 2.45) is 0 Å². The summed E-state index contributed by atoms with van der Waals surface area (Å²) in [6, 6.07) is 5.97. The molecule has 0 bridgehead atoms. The molecule has 0 heterocycles. The fraction of sp³-hybridized carbons (Fsp3) is 0.200. The van der Waals surface area contributed by atoms with Gasteiger partial charge >= 0.3 is 0 Å². The van der Waals surface area contributed by atoms with Crippen LogP contribution in [0.4, 0.5) is 13.2 Å². The third kappa shape index (κ3) is 2.77. The lowest BCUT2D eigenvalue weighted by Gasteiger charge is -2.15. The molecule has 0 saturated heterocycles. The quantitative estimate of drug-likeness (QED) is 0.911. The Kier molecular flexibility index (Phi) is 3.99. The van der Waals surface area contributed by atoms with E-state index < -0.39 is 23.6 Å². The Morgan fingerprint density at radius 2 is 1.75 bits per heavy atom. The van der Waals surface area contributed by atoms with Gasteiger partial charge in [-0.25, -0.2) is 8.78 Å². The third-order valence-electron chi connectivity index (χ3n) is 2.88. The fourth-order valence-corrected chi connectivity index (χ4v) is 1.77. The molecule has 0 unspecified atom stereocenters. The van der Waals surface area contributed by atoms with Crippen LogP contribution in [0, 0.1) is 24.4 Å². The average molecular weight is 282 g/mol. The van der Waals surface area contributed by atoms with Gasteiger partial charge in [0.1, 0.15) is 11.6 Å². The number of halogens is 3. The van der Waals surface area contributed by atoms with Crippen molar-refractivity contribution in [3.8, 4) is 11.5 Å². The lowest BCUT2D eigenvalue weighted by atomic mass is 10.1. The zero-order valence-corrected chi connectivity index (χ0v) is 11.0. The molecule has 0 fully saturated rings. The van der Waals surface area contributed by atoms with E-state index in [9.17, 15) is 18.3 Å². The normalized spacial score (nSPS) is 12.3. The van der Waals surface area contributed by atoms with E-state index in [-0.39, 0.29) is 22.6 Å². The second-order valence-electron chi connectivity index (χ2n) is 4.47. The van der Waals surface area contributed by atoms with Gasteiger partial charge in [0, 0.05) is 5.56 Å². The van der Waals surface area contributed by atoms with Gasteiger partial charge in [0.25, 0.3) is 0 Å². The van der Waals surface area contributed by atoms with Crippen molar-refractivity contribution in [1.82, 2.24) is 0 Å². The summed E-state index contributed by atoms with van der Waals surface area (Å²) in [6.45, 7) is 2.94.